The van der Waals surface area contributed by atoms with Crippen molar-refractivity contribution in [1.82, 2.24) is 20.2 Å². The third-order valence-electron chi connectivity index (χ3n) is 3.12. The molecule has 0 saturated heterocycles. The zero-order chi connectivity index (χ0) is 14.7. The molecule has 0 radical (unpaired) electrons. The van der Waals surface area contributed by atoms with Crippen molar-refractivity contribution >= 4 is 11.6 Å². The number of hydrogen-bond acceptors (Lipinski definition) is 4. The highest BCUT2D eigenvalue weighted by Gasteiger charge is 2.11. The molecule has 0 amide bonds. The van der Waals surface area contributed by atoms with Crippen molar-refractivity contribution in [3.63, 3.8) is 0 Å². The normalized spacial score (nSPS) is 10.8. The summed E-state index contributed by atoms with van der Waals surface area (Å²) in [6.07, 6.45) is 0.731. The number of aromatic nitrogens is 4. The smallest absolute Gasteiger partial charge is 0.205 e. The Balaban J connectivity index is 2.02. The monoisotopic (exact) mass is 299 g/mol. The summed E-state index contributed by atoms with van der Waals surface area (Å²) in [5.41, 5.74) is 8.41. The first-order valence-corrected chi connectivity index (χ1v) is 7.00. The summed E-state index contributed by atoms with van der Waals surface area (Å²) in [5, 5.41) is 13.3. The molecule has 0 fully saturated rings. The highest BCUT2D eigenvalue weighted by molar-refractivity contribution is 6.30. The van der Waals surface area contributed by atoms with Gasteiger partial charge in [0.15, 0.2) is 0 Å². The second-order valence-electron chi connectivity index (χ2n) is 4.58. The van der Waals surface area contributed by atoms with Crippen LogP contribution in [0.15, 0.2) is 48.5 Å². The van der Waals surface area contributed by atoms with Gasteiger partial charge < -0.3 is 5.73 Å². The summed E-state index contributed by atoms with van der Waals surface area (Å²) >= 11 is 6.07. The minimum atomic E-state index is 0.550. The Morgan fingerprint density at radius 1 is 1.10 bits per heavy atom. The van der Waals surface area contributed by atoms with Crippen molar-refractivity contribution in [3.8, 4) is 17.1 Å². The third-order valence-corrected chi connectivity index (χ3v) is 3.36. The Labute approximate surface area is 127 Å². The number of benzene rings is 2. The lowest BCUT2D eigenvalue weighted by molar-refractivity contribution is 0.710. The van der Waals surface area contributed by atoms with E-state index in [2.05, 4.69) is 15.4 Å². The van der Waals surface area contributed by atoms with E-state index in [1.165, 1.54) is 4.80 Å². The van der Waals surface area contributed by atoms with Crippen molar-refractivity contribution in [2.75, 3.05) is 6.54 Å². The highest BCUT2D eigenvalue weighted by atomic mass is 35.5. The topological polar surface area (TPSA) is 69.6 Å². The first-order valence-electron chi connectivity index (χ1n) is 6.62. The molecular formula is C15H14ClN5. The number of rotatable bonds is 4. The summed E-state index contributed by atoms with van der Waals surface area (Å²) < 4.78 is 0. The molecule has 3 aromatic rings. The van der Waals surface area contributed by atoms with E-state index in [0.29, 0.717) is 17.4 Å². The van der Waals surface area contributed by atoms with Crippen molar-refractivity contribution in [2.45, 2.75) is 6.42 Å². The number of nitrogens with zero attached hydrogens (tertiary/aromatic N) is 4. The van der Waals surface area contributed by atoms with Crippen LogP contribution in [0.25, 0.3) is 17.1 Å². The van der Waals surface area contributed by atoms with Gasteiger partial charge in [-0.05, 0) is 35.9 Å². The van der Waals surface area contributed by atoms with E-state index in [9.17, 15) is 0 Å². The first-order chi connectivity index (χ1) is 10.3. The summed E-state index contributed by atoms with van der Waals surface area (Å²) in [6.45, 7) is 0.550. The van der Waals surface area contributed by atoms with E-state index in [1.807, 2.05) is 48.5 Å². The average Bonchev–Trinajstić information content (AvgIpc) is 3.00. The molecule has 5 nitrogen and oxygen atoms in total. The molecular weight excluding hydrogens is 286 g/mol. The molecule has 0 atom stereocenters. The zero-order valence-electron chi connectivity index (χ0n) is 11.3. The molecule has 2 N–H and O–H groups in total. The van der Waals surface area contributed by atoms with E-state index in [1.54, 1.807) is 0 Å². The van der Waals surface area contributed by atoms with Gasteiger partial charge in [-0.2, -0.15) is 0 Å². The molecule has 0 aliphatic carbocycles. The number of tetrazole rings is 1. The number of nitrogens with two attached hydrogens (primary N) is 1. The third kappa shape index (κ3) is 2.94. The van der Waals surface area contributed by atoms with Gasteiger partial charge in [-0.3, -0.25) is 0 Å². The van der Waals surface area contributed by atoms with E-state index in [4.69, 9.17) is 17.3 Å². The maximum absolute atomic E-state index is 6.07. The molecule has 106 valence electrons. The van der Waals surface area contributed by atoms with Gasteiger partial charge in [-0.15, -0.1) is 15.0 Å². The van der Waals surface area contributed by atoms with Gasteiger partial charge in [0.25, 0.3) is 0 Å². The van der Waals surface area contributed by atoms with Crippen LogP contribution in [-0.2, 0) is 6.42 Å². The summed E-state index contributed by atoms with van der Waals surface area (Å²) in [7, 11) is 0. The van der Waals surface area contributed by atoms with Crippen LogP contribution in [0.1, 0.15) is 5.56 Å². The highest BCUT2D eigenvalue weighted by Crippen LogP contribution is 2.20. The SMILES string of the molecule is NCCc1ccc(Cl)cc1-n1nnc(-c2ccccc2)n1. The standard InChI is InChI=1S/C15H14ClN5/c16-13-7-6-11(8-9-17)14(10-13)21-19-15(18-20-21)12-4-2-1-3-5-12/h1-7,10H,8-9,17H2. The number of hydrogen-bond donors (Lipinski definition) is 1. The van der Waals surface area contributed by atoms with Crippen molar-refractivity contribution in [2.24, 2.45) is 5.73 Å². The lowest BCUT2D eigenvalue weighted by Crippen LogP contribution is -2.08. The molecule has 0 saturated carbocycles. The Kier molecular flexibility index (Phi) is 3.94. The molecule has 0 unspecified atom stereocenters. The summed E-state index contributed by atoms with van der Waals surface area (Å²) in [6, 6.07) is 15.3. The zero-order valence-corrected chi connectivity index (χ0v) is 12.0. The van der Waals surface area contributed by atoms with Crippen molar-refractivity contribution in [3.05, 3.63) is 59.1 Å². The van der Waals surface area contributed by atoms with Crippen LogP contribution < -0.4 is 5.73 Å². The molecule has 2 aromatic carbocycles. The van der Waals surface area contributed by atoms with Gasteiger partial charge in [0, 0.05) is 10.6 Å². The van der Waals surface area contributed by atoms with Crippen molar-refractivity contribution < 1.29 is 0 Å². The Morgan fingerprint density at radius 3 is 2.67 bits per heavy atom. The lowest BCUT2D eigenvalue weighted by Gasteiger charge is -2.07. The predicted molar refractivity (Wildman–Crippen MR) is 82.4 cm³/mol. The molecule has 21 heavy (non-hydrogen) atoms. The van der Waals surface area contributed by atoms with E-state index < -0.39 is 0 Å². The van der Waals surface area contributed by atoms with E-state index in [-0.39, 0.29) is 0 Å². The van der Waals surface area contributed by atoms with Crippen LogP contribution in [-0.4, -0.2) is 26.8 Å². The fourth-order valence-electron chi connectivity index (χ4n) is 2.11. The van der Waals surface area contributed by atoms with Crippen LogP contribution in [0.5, 0.6) is 0 Å². The van der Waals surface area contributed by atoms with Crippen LogP contribution in [0.3, 0.4) is 0 Å². The quantitative estimate of drug-likeness (QED) is 0.803. The molecule has 1 aromatic heterocycles. The molecule has 0 aliphatic heterocycles. The van der Waals surface area contributed by atoms with Crippen LogP contribution >= 0.6 is 11.6 Å². The maximum Gasteiger partial charge on any atom is 0.205 e. The number of halogens is 1. The maximum atomic E-state index is 6.07. The largest absolute Gasteiger partial charge is 0.330 e. The van der Waals surface area contributed by atoms with Crippen LogP contribution in [0, 0.1) is 0 Å². The Bertz CT molecular complexity index is 739. The second-order valence-corrected chi connectivity index (χ2v) is 5.02. The van der Waals surface area contributed by atoms with Gasteiger partial charge in [-0.25, -0.2) is 0 Å². The van der Waals surface area contributed by atoms with E-state index >= 15 is 0 Å². The lowest BCUT2D eigenvalue weighted by atomic mass is 10.1. The Morgan fingerprint density at radius 2 is 1.90 bits per heavy atom. The molecule has 3 rings (SSSR count). The average molecular weight is 300 g/mol. The Hall–Kier alpha value is -2.24. The summed E-state index contributed by atoms with van der Waals surface area (Å²) in [4.78, 5) is 1.50. The van der Waals surface area contributed by atoms with Crippen LogP contribution in [0.4, 0.5) is 0 Å². The van der Waals surface area contributed by atoms with E-state index in [0.717, 1.165) is 23.2 Å². The van der Waals surface area contributed by atoms with Gasteiger partial charge in [0.05, 0.1) is 5.69 Å². The molecule has 6 heteroatoms. The van der Waals surface area contributed by atoms with Gasteiger partial charge in [-0.1, -0.05) is 48.0 Å². The molecule has 0 spiro atoms. The fraction of sp³-hybridized carbons (Fsp3) is 0.133. The van der Waals surface area contributed by atoms with Crippen molar-refractivity contribution in [1.29, 1.82) is 0 Å². The minimum Gasteiger partial charge on any atom is -0.330 e. The molecule has 1 heterocycles. The molecule has 0 bridgehead atoms. The minimum absolute atomic E-state index is 0.550. The van der Waals surface area contributed by atoms with Crippen LogP contribution in [0.2, 0.25) is 5.02 Å². The first kappa shape index (κ1) is 13.7. The van der Waals surface area contributed by atoms with Gasteiger partial charge >= 0.3 is 0 Å². The molecule has 0 aliphatic rings. The second kappa shape index (κ2) is 6.03. The van der Waals surface area contributed by atoms with Gasteiger partial charge in [0.2, 0.25) is 5.82 Å². The fourth-order valence-corrected chi connectivity index (χ4v) is 2.28. The predicted octanol–water partition coefficient (Wildman–Crippen LogP) is 2.48. The summed E-state index contributed by atoms with van der Waals surface area (Å²) in [5.74, 6) is 0.578. The van der Waals surface area contributed by atoms with Gasteiger partial charge in [0.1, 0.15) is 0 Å².